The molecule has 128 valence electrons. The quantitative estimate of drug-likeness (QED) is 0.899. The molecule has 24 heavy (non-hydrogen) atoms. The monoisotopic (exact) mass is 329 g/mol. The molecule has 1 aromatic heterocycles. The van der Waals surface area contributed by atoms with E-state index in [1.54, 1.807) is 4.90 Å². The molecule has 1 fully saturated rings. The number of amides is 2. The average molecular weight is 329 g/mol. The van der Waals surface area contributed by atoms with Gasteiger partial charge in [0.25, 0.3) is 0 Å². The van der Waals surface area contributed by atoms with Crippen LogP contribution in [0.4, 0.5) is 0 Å². The molecule has 2 N–H and O–H groups in total. The molecule has 2 heterocycles. The highest BCUT2D eigenvalue weighted by molar-refractivity contribution is 5.88. The van der Waals surface area contributed by atoms with Crippen LogP contribution >= 0.6 is 0 Å². The molecule has 3 rings (SSSR count). The van der Waals surface area contributed by atoms with E-state index in [9.17, 15) is 9.59 Å². The van der Waals surface area contributed by atoms with Gasteiger partial charge in [-0.1, -0.05) is 6.07 Å². The average Bonchev–Trinajstić information content (AvgIpc) is 2.87. The highest BCUT2D eigenvalue weighted by Gasteiger charge is 2.30. The highest BCUT2D eigenvalue weighted by Crippen LogP contribution is 2.22. The van der Waals surface area contributed by atoms with Gasteiger partial charge in [0.2, 0.25) is 11.8 Å². The molecule has 2 amide bonds. The summed E-state index contributed by atoms with van der Waals surface area (Å²) in [4.78, 5) is 29.0. The molecular weight excluding hydrogens is 306 g/mol. The Morgan fingerprint density at radius 1 is 1.38 bits per heavy atom. The van der Waals surface area contributed by atoms with Crippen molar-refractivity contribution < 1.29 is 14.3 Å². The second-order valence-corrected chi connectivity index (χ2v) is 6.28. The molecule has 6 heteroatoms. The van der Waals surface area contributed by atoms with Crippen LogP contribution in [0.5, 0.6) is 0 Å². The van der Waals surface area contributed by atoms with Gasteiger partial charge in [0, 0.05) is 36.6 Å². The zero-order valence-corrected chi connectivity index (χ0v) is 14.3. The number of carbonyl (C=O) groups is 2. The number of hydrogen-bond acceptors (Lipinski definition) is 3. The summed E-state index contributed by atoms with van der Waals surface area (Å²) in [5.74, 6) is -0.273. The van der Waals surface area contributed by atoms with Gasteiger partial charge in [-0.05, 0) is 37.1 Å². The summed E-state index contributed by atoms with van der Waals surface area (Å²) in [6.45, 7) is 7.24. The van der Waals surface area contributed by atoms with E-state index in [0.717, 1.165) is 16.8 Å². The van der Waals surface area contributed by atoms with Gasteiger partial charge < -0.3 is 19.9 Å². The standard InChI is InChI=1S/C18H23N3O3/c1-11-12(2)20-16-5-4-14(8-15(11)16)9-19-18(23)17-10-24-7-6-21(17)13(3)22/h4-5,8,17,20H,6-7,9-10H2,1-3H3,(H,19,23). The summed E-state index contributed by atoms with van der Waals surface area (Å²) in [6.07, 6.45) is 0. The molecule has 0 bridgehead atoms. The number of aryl methyl sites for hydroxylation is 2. The van der Waals surface area contributed by atoms with Gasteiger partial charge in [0.1, 0.15) is 6.04 Å². The Labute approximate surface area is 141 Å². The number of hydrogen-bond donors (Lipinski definition) is 2. The van der Waals surface area contributed by atoms with Crippen LogP contribution in [-0.2, 0) is 20.9 Å². The molecule has 1 aromatic carbocycles. The lowest BCUT2D eigenvalue weighted by molar-refractivity contribution is -0.147. The molecule has 0 spiro atoms. The zero-order chi connectivity index (χ0) is 17.3. The molecule has 0 saturated carbocycles. The van der Waals surface area contributed by atoms with Gasteiger partial charge in [-0.3, -0.25) is 9.59 Å². The first-order valence-electron chi connectivity index (χ1n) is 8.18. The lowest BCUT2D eigenvalue weighted by atomic mass is 10.1. The van der Waals surface area contributed by atoms with E-state index in [1.807, 2.05) is 12.1 Å². The number of fused-ring (bicyclic) bond motifs is 1. The second-order valence-electron chi connectivity index (χ2n) is 6.28. The molecule has 0 aliphatic carbocycles. The van der Waals surface area contributed by atoms with E-state index in [-0.39, 0.29) is 18.4 Å². The smallest absolute Gasteiger partial charge is 0.245 e. The second kappa shape index (κ2) is 6.65. The minimum Gasteiger partial charge on any atom is -0.377 e. The minimum atomic E-state index is -0.545. The number of rotatable bonds is 3. The number of H-pyrrole nitrogens is 1. The van der Waals surface area contributed by atoms with E-state index < -0.39 is 6.04 Å². The summed E-state index contributed by atoms with van der Waals surface area (Å²) in [5, 5.41) is 4.09. The van der Waals surface area contributed by atoms with Crippen LogP contribution < -0.4 is 5.32 Å². The third-order valence-electron chi connectivity index (χ3n) is 4.67. The van der Waals surface area contributed by atoms with Crippen LogP contribution in [0.15, 0.2) is 18.2 Å². The molecular formula is C18H23N3O3. The maximum absolute atomic E-state index is 12.4. The van der Waals surface area contributed by atoms with Gasteiger partial charge in [-0.2, -0.15) is 0 Å². The third kappa shape index (κ3) is 3.14. The number of morpholine rings is 1. The Kier molecular flexibility index (Phi) is 4.57. The van der Waals surface area contributed by atoms with E-state index in [0.29, 0.717) is 19.7 Å². The molecule has 1 unspecified atom stereocenters. The van der Waals surface area contributed by atoms with Gasteiger partial charge in [0.05, 0.1) is 13.2 Å². The summed E-state index contributed by atoms with van der Waals surface area (Å²) in [6, 6.07) is 5.57. The van der Waals surface area contributed by atoms with Gasteiger partial charge in [-0.25, -0.2) is 0 Å². The normalized spacial score (nSPS) is 18.0. The fourth-order valence-electron chi connectivity index (χ4n) is 3.12. The van der Waals surface area contributed by atoms with Crippen LogP contribution in [0.2, 0.25) is 0 Å². The summed E-state index contributed by atoms with van der Waals surface area (Å²) in [5.41, 5.74) is 4.51. The first kappa shape index (κ1) is 16.5. The van der Waals surface area contributed by atoms with Crippen molar-refractivity contribution in [2.75, 3.05) is 19.8 Å². The van der Waals surface area contributed by atoms with Crippen molar-refractivity contribution >= 4 is 22.7 Å². The molecule has 6 nitrogen and oxygen atoms in total. The molecule has 2 aromatic rings. The molecule has 0 radical (unpaired) electrons. The van der Waals surface area contributed by atoms with Crippen molar-refractivity contribution in [3.05, 3.63) is 35.0 Å². The fourth-order valence-corrected chi connectivity index (χ4v) is 3.12. The van der Waals surface area contributed by atoms with Crippen molar-refractivity contribution in [3.63, 3.8) is 0 Å². The number of aromatic nitrogens is 1. The van der Waals surface area contributed by atoms with Crippen LogP contribution in [0.3, 0.4) is 0 Å². The molecule has 1 atom stereocenters. The predicted molar refractivity (Wildman–Crippen MR) is 91.6 cm³/mol. The Morgan fingerprint density at radius 2 is 2.17 bits per heavy atom. The number of nitrogens with one attached hydrogen (secondary N) is 2. The summed E-state index contributed by atoms with van der Waals surface area (Å²) >= 11 is 0. The lowest BCUT2D eigenvalue weighted by Crippen LogP contribution is -2.55. The van der Waals surface area contributed by atoms with Crippen LogP contribution in [0.25, 0.3) is 10.9 Å². The SMILES string of the molecule is CC(=O)N1CCOCC1C(=O)NCc1ccc2[nH]c(C)c(C)c2c1. The molecule has 1 saturated heterocycles. The Bertz CT molecular complexity index is 781. The van der Waals surface area contributed by atoms with E-state index in [1.165, 1.54) is 17.9 Å². The Balaban J connectivity index is 1.69. The predicted octanol–water partition coefficient (Wildman–Crippen LogP) is 1.65. The lowest BCUT2D eigenvalue weighted by Gasteiger charge is -2.33. The van der Waals surface area contributed by atoms with Crippen LogP contribution in [0, 0.1) is 13.8 Å². The Hall–Kier alpha value is -2.34. The van der Waals surface area contributed by atoms with Crippen molar-refractivity contribution in [1.82, 2.24) is 15.2 Å². The van der Waals surface area contributed by atoms with E-state index in [2.05, 4.69) is 30.2 Å². The number of benzene rings is 1. The number of ether oxygens (including phenoxy) is 1. The maximum Gasteiger partial charge on any atom is 0.245 e. The number of aromatic amines is 1. The molecule has 1 aliphatic rings. The fraction of sp³-hybridized carbons (Fsp3) is 0.444. The summed E-state index contributed by atoms with van der Waals surface area (Å²) in [7, 11) is 0. The van der Waals surface area contributed by atoms with Gasteiger partial charge in [0.15, 0.2) is 0 Å². The maximum atomic E-state index is 12.4. The van der Waals surface area contributed by atoms with Gasteiger partial charge in [-0.15, -0.1) is 0 Å². The molecule has 1 aliphatic heterocycles. The Morgan fingerprint density at radius 3 is 2.92 bits per heavy atom. The van der Waals surface area contributed by atoms with Crippen molar-refractivity contribution in [1.29, 1.82) is 0 Å². The van der Waals surface area contributed by atoms with Crippen LogP contribution in [0.1, 0.15) is 23.7 Å². The third-order valence-corrected chi connectivity index (χ3v) is 4.67. The van der Waals surface area contributed by atoms with Gasteiger partial charge >= 0.3 is 0 Å². The number of nitrogens with zero attached hydrogens (tertiary/aromatic N) is 1. The van der Waals surface area contributed by atoms with E-state index >= 15 is 0 Å². The van der Waals surface area contributed by atoms with Crippen molar-refractivity contribution in [3.8, 4) is 0 Å². The minimum absolute atomic E-state index is 0.0988. The first-order chi connectivity index (χ1) is 11.5. The highest BCUT2D eigenvalue weighted by atomic mass is 16.5. The van der Waals surface area contributed by atoms with Crippen molar-refractivity contribution in [2.24, 2.45) is 0 Å². The zero-order valence-electron chi connectivity index (χ0n) is 14.3. The van der Waals surface area contributed by atoms with Crippen LogP contribution in [-0.4, -0.2) is 47.5 Å². The largest absolute Gasteiger partial charge is 0.377 e. The number of carbonyl (C=O) groups excluding carboxylic acids is 2. The van der Waals surface area contributed by atoms with E-state index in [4.69, 9.17) is 4.74 Å². The van der Waals surface area contributed by atoms with Crippen molar-refractivity contribution in [2.45, 2.75) is 33.4 Å². The first-order valence-corrected chi connectivity index (χ1v) is 8.18. The summed E-state index contributed by atoms with van der Waals surface area (Å²) < 4.78 is 5.35. The topological polar surface area (TPSA) is 74.4 Å².